The minimum atomic E-state index is -0.579. The molecule has 0 fully saturated rings. The Morgan fingerprint density at radius 2 is 2.24 bits per heavy atom. The van der Waals surface area contributed by atoms with Gasteiger partial charge in [0.25, 0.3) is 11.6 Å². The highest BCUT2D eigenvalue weighted by molar-refractivity contribution is 5.99. The van der Waals surface area contributed by atoms with Crippen LogP contribution >= 0.6 is 0 Å². The molecule has 112 valence electrons. The number of nitrogens with zero attached hydrogens (tertiary/aromatic N) is 3. The zero-order valence-corrected chi connectivity index (χ0v) is 12.3. The monoisotopic (exact) mass is 290 g/mol. The third kappa shape index (κ3) is 4.18. The van der Waals surface area contributed by atoms with Gasteiger partial charge in [0.2, 0.25) is 0 Å². The molecule has 0 aliphatic rings. The van der Waals surface area contributed by atoms with Gasteiger partial charge < -0.3 is 10.2 Å². The molecule has 0 radical (unpaired) electrons. The summed E-state index contributed by atoms with van der Waals surface area (Å²) in [5, 5.41) is 22.9. The number of rotatable bonds is 6. The van der Waals surface area contributed by atoms with Crippen molar-refractivity contribution in [2.24, 2.45) is 5.92 Å². The zero-order chi connectivity index (χ0) is 16.0. The van der Waals surface area contributed by atoms with Gasteiger partial charge in [-0.05, 0) is 26.0 Å². The second kappa shape index (κ2) is 7.24. The predicted octanol–water partition coefficient (Wildman–Crippen LogP) is 2.26. The van der Waals surface area contributed by atoms with Gasteiger partial charge in [-0.3, -0.25) is 14.9 Å². The molecule has 1 atom stereocenters. The van der Waals surface area contributed by atoms with E-state index in [1.165, 1.54) is 24.1 Å². The van der Waals surface area contributed by atoms with Gasteiger partial charge in [-0.1, -0.05) is 0 Å². The van der Waals surface area contributed by atoms with Gasteiger partial charge in [0.05, 0.1) is 16.9 Å². The minimum Gasteiger partial charge on any atom is -0.385 e. The van der Waals surface area contributed by atoms with Crippen molar-refractivity contribution in [1.29, 1.82) is 5.26 Å². The van der Waals surface area contributed by atoms with Gasteiger partial charge in [0, 0.05) is 31.9 Å². The average molecular weight is 290 g/mol. The molecule has 0 aromatic heterocycles. The van der Waals surface area contributed by atoms with Crippen molar-refractivity contribution in [3.8, 4) is 6.07 Å². The van der Waals surface area contributed by atoms with Gasteiger partial charge in [-0.15, -0.1) is 0 Å². The summed E-state index contributed by atoms with van der Waals surface area (Å²) < 4.78 is 0. The largest absolute Gasteiger partial charge is 0.385 e. The summed E-state index contributed by atoms with van der Waals surface area (Å²) in [4.78, 5) is 24.2. The molecule has 1 amide bonds. The molecule has 0 bridgehead atoms. The molecule has 0 aliphatic heterocycles. The first-order valence-electron chi connectivity index (χ1n) is 6.58. The number of carbonyl (C=O) groups is 1. The lowest BCUT2D eigenvalue weighted by molar-refractivity contribution is -0.385. The number of nitro groups is 1. The molecule has 1 aromatic rings. The van der Waals surface area contributed by atoms with E-state index in [-0.39, 0.29) is 23.7 Å². The summed E-state index contributed by atoms with van der Waals surface area (Å²) in [5.74, 6) is -0.807. The van der Waals surface area contributed by atoms with E-state index in [1.54, 1.807) is 13.0 Å². The number of hydrogen-bond acceptors (Lipinski definition) is 5. The summed E-state index contributed by atoms with van der Waals surface area (Å²) >= 11 is 0. The van der Waals surface area contributed by atoms with Crippen LogP contribution in [0, 0.1) is 27.4 Å². The number of carbonyl (C=O) groups excluding carboxylic acids is 1. The van der Waals surface area contributed by atoms with Crippen LogP contribution in [-0.4, -0.2) is 35.9 Å². The first-order chi connectivity index (χ1) is 9.90. The van der Waals surface area contributed by atoms with Crippen LogP contribution in [0.4, 0.5) is 11.4 Å². The van der Waals surface area contributed by atoms with E-state index in [0.717, 1.165) is 0 Å². The highest BCUT2D eigenvalue weighted by Gasteiger charge is 2.24. The Hall–Kier alpha value is -2.62. The van der Waals surface area contributed by atoms with Crippen molar-refractivity contribution in [2.45, 2.75) is 13.8 Å². The summed E-state index contributed by atoms with van der Waals surface area (Å²) in [6, 6.07) is 6.38. The molecule has 0 saturated heterocycles. The van der Waals surface area contributed by atoms with E-state index in [9.17, 15) is 14.9 Å². The summed E-state index contributed by atoms with van der Waals surface area (Å²) in [6.45, 7) is 4.45. The van der Waals surface area contributed by atoms with Crippen LogP contribution in [0.2, 0.25) is 0 Å². The molecule has 0 spiro atoms. The molecule has 7 heteroatoms. The molecule has 0 heterocycles. The molecule has 21 heavy (non-hydrogen) atoms. The summed E-state index contributed by atoms with van der Waals surface area (Å²) in [7, 11) is 1.53. The van der Waals surface area contributed by atoms with Gasteiger partial charge in [0.15, 0.2) is 0 Å². The lowest BCUT2D eigenvalue weighted by Gasteiger charge is -2.18. The third-order valence-corrected chi connectivity index (χ3v) is 2.92. The Kier molecular flexibility index (Phi) is 5.67. The lowest BCUT2D eigenvalue weighted by atomic mass is 10.1. The standard InChI is InChI=1S/C14H18N4O3/c1-4-16-11-5-6-13(18(20)21)12(7-11)14(19)17(3)9-10(2)8-15/h5-7,10,16H,4,9H2,1-3H3. The molecular formula is C14H18N4O3. The predicted molar refractivity (Wildman–Crippen MR) is 79.0 cm³/mol. The third-order valence-electron chi connectivity index (χ3n) is 2.92. The molecule has 1 rings (SSSR count). The zero-order valence-electron chi connectivity index (χ0n) is 12.3. The highest BCUT2D eigenvalue weighted by Crippen LogP contribution is 2.24. The van der Waals surface area contributed by atoms with Crippen molar-refractivity contribution < 1.29 is 9.72 Å². The van der Waals surface area contributed by atoms with E-state index in [1.807, 2.05) is 13.0 Å². The smallest absolute Gasteiger partial charge is 0.282 e. The molecule has 7 nitrogen and oxygen atoms in total. The number of nitro benzene ring substituents is 1. The normalized spacial score (nSPS) is 11.3. The Morgan fingerprint density at radius 3 is 2.76 bits per heavy atom. The Bertz CT molecular complexity index is 580. The quantitative estimate of drug-likeness (QED) is 0.640. The average Bonchev–Trinajstić information content (AvgIpc) is 2.46. The summed E-state index contributed by atoms with van der Waals surface area (Å²) in [5.41, 5.74) is 0.428. The minimum absolute atomic E-state index is 0.0195. The van der Waals surface area contributed by atoms with Crippen LogP contribution in [-0.2, 0) is 0 Å². The van der Waals surface area contributed by atoms with Crippen molar-refractivity contribution >= 4 is 17.3 Å². The fraction of sp³-hybridized carbons (Fsp3) is 0.429. The molecular weight excluding hydrogens is 272 g/mol. The van der Waals surface area contributed by atoms with Crippen LogP contribution in [0.25, 0.3) is 0 Å². The second-order valence-corrected chi connectivity index (χ2v) is 4.74. The SMILES string of the molecule is CCNc1ccc([N+](=O)[O-])c(C(=O)N(C)CC(C)C#N)c1. The van der Waals surface area contributed by atoms with E-state index in [0.29, 0.717) is 12.2 Å². The van der Waals surface area contributed by atoms with Crippen LogP contribution in [0.5, 0.6) is 0 Å². The number of anilines is 1. The first kappa shape index (κ1) is 16.4. The van der Waals surface area contributed by atoms with E-state index in [4.69, 9.17) is 5.26 Å². The molecule has 1 unspecified atom stereocenters. The second-order valence-electron chi connectivity index (χ2n) is 4.74. The Balaban J connectivity index is 3.13. The van der Waals surface area contributed by atoms with E-state index in [2.05, 4.69) is 5.32 Å². The van der Waals surface area contributed by atoms with E-state index < -0.39 is 10.8 Å². The maximum absolute atomic E-state index is 12.4. The van der Waals surface area contributed by atoms with Gasteiger partial charge in [-0.2, -0.15) is 5.26 Å². The van der Waals surface area contributed by atoms with Gasteiger partial charge in [-0.25, -0.2) is 0 Å². The lowest BCUT2D eigenvalue weighted by Crippen LogP contribution is -2.31. The number of nitriles is 1. The maximum atomic E-state index is 12.4. The van der Waals surface area contributed by atoms with Crippen molar-refractivity contribution in [2.75, 3.05) is 25.5 Å². The molecule has 1 aromatic carbocycles. The van der Waals surface area contributed by atoms with Gasteiger partial charge >= 0.3 is 0 Å². The van der Waals surface area contributed by atoms with Crippen LogP contribution < -0.4 is 5.32 Å². The number of hydrogen-bond donors (Lipinski definition) is 1. The van der Waals surface area contributed by atoms with Gasteiger partial charge in [0.1, 0.15) is 5.56 Å². The number of nitrogens with one attached hydrogen (secondary N) is 1. The Morgan fingerprint density at radius 1 is 1.57 bits per heavy atom. The van der Waals surface area contributed by atoms with Crippen LogP contribution in [0.3, 0.4) is 0 Å². The maximum Gasteiger partial charge on any atom is 0.282 e. The number of amides is 1. The van der Waals surface area contributed by atoms with Crippen molar-refractivity contribution in [3.05, 3.63) is 33.9 Å². The molecule has 0 aliphatic carbocycles. The number of benzene rings is 1. The van der Waals surface area contributed by atoms with Crippen molar-refractivity contribution in [1.82, 2.24) is 4.90 Å². The fourth-order valence-electron chi connectivity index (χ4n) is 1.92. The fourth-order valence-corrected chi connectivity index (χ4v) is 1.92. The summed E-state index contributed by atoms with van der Waals surface area (Å²) in [6.07, 6.45) is 0. The Labute approximate surface area is 123 Å². The van der Waals surface area contributed by atoms with E-state index >= 15 is 0 Å². The first-order valence-corrected chi connectivity index (χ1v) is 6.58. The highest BCUT2D eigenvalue weighted by atomic mass is 16.6. The van der Waals surface area contributed by atoms with Crippen molar-refractivity contribution in [3.63, 3.8) is 0 Å². The van der Waals surface area contributed by atoms with Crippen LogP contribution in [0.15, 0.2) is 18.2 Å². The van der Waals surface area contributed by atoms with Crippen LogP contribution in [0.1, 0.15) is 24.2 Å². The molecule has 1 N–H and O–H groups in total. The topological polar surface area (TPSA) is 99.3 Å². The molecule has 0 saturated carbocycles.